The molecule has 0 aliphatic carbocycles. The summed E-state index contributed by atoms with van der Waals surface area (Å²) in [5.74, 6) is 0.508. The van der Waals surface area contributed by atoms with Gasteiger partial charge in [-0.15, -0.1) is 11.3 Å². The van der Waals surface area contributed by atoms with Gasteiger partial charge in [0, 0.05) is 5.38 Å². The lowest BCUT2D eigenvalue weighted by molar-refractivity contribution is 0.102. The van der Waals surface area contributed by atoms with Crippen LogP contribution >= 0.6 is 11.3 Å². The fourth-order valence-electron chi connectivity index (χ4n) is 2.41. The molecule has 1 amide bonds. The zero-order valence-corrected chi connectivity index (χ0v) is 13.6. The van der Waals surface area contributed by atoms with Crippen molar-refractivity contribution in [2.45, 2.75) is 6.92 Å². The number of amides is 1. The molecule has 3 heterocycles. The first-order chi connectivity index (χ1) is 11.7. The van der Waals surface area contributed by atoms with Gasteiger partial charge in [0.25, 0.3) is 5.91 Å². The summed E-state index contributed by atoms with van der Waals surface area (Å²) in [4.78, 5) is 25.0. The number of rotatable bonds is 3. The van der Waals surface area contributed by atoms with E-state index in [0.29, 0.717) is 11.4 Å². The Morgan fingerprint density at radius 3 is 2.79 bits per heavy atom. The molecule has 0 fully saturated rings. The molecular formula is C17H13N5OS. The largest absolute Gasteiger partial charge is 0.319 e. The van der Waals surface area contributed by atoms with Crippen LogP contribution in [-0.4, -0.2) is 25.4 Å². The van der Waals surface area contributed by atoms with Crippen LogP contribution in [0.25, 0.3) is 16.9 Å². The number of nitrogens with zero attached hydrogens (tertiary/aromatic N) is 4. The lowest BCUT2D eigenvalue weighted by Crippen LogP contribution is -2.12. The highest BCUT2D eigenvalue weighted by Gasteiger charge is 2.10. The monoisotopic (exact) mass is 335 g/mol. The molecular weight excluding hydrogens is 322 g/mol. The number of thiazole rings is 1. The number of anilines is 1. The summed E-state index contributed by atoms with van der Waals surface area (Å²) in [5.41, 5.74) is 2.94. The second kappa shape index (κ2) is 5.86. The standard InChI is InChI=1S/C17H13N5OS/c1-11-20-14(9-24-11)17(23)21-12-6-7-16(18-8-12)22-10-19-13-4-2-3-5-15(13)22/h2-10H,1H3,(H,21,23). The zero-order valence-electron chi connectivity index (χ0n) is 12.8. The molecule has 1 N–H and O–H groups in total. The van der Waals surface area contributed by atoms with Gasteiger partial charge in [0.05, 0.1) is 27.9 Å². The van der Waals surface area contributed by atoms with E-state index in [1.807, 2.05) is 47.9 Å². The summed E-state index contributed by atoms with van der Waals surface area (Å²) in [7, 11) is 0. The molecule has 7 heteroatoms. The molecule has 0 bridgehead atoms. The molecule has 0 aliphatic heterocycles. The quantitative estimate of drug-likeness (QED) is 0.622. The van der Waals surface area contributed by atoms with Crippen molar-refractivity contribution in [2.75, 3.05) is 5.32 Å². The maximum atomic E-state index is 12.1. The lowest BCUT2D eigenvalue weighted by Gasteiger charge is -2.06. The highest BCUT2D eigenvalue weighted by atomic mass is 32.1. The number of aromatic nitrogens is 4. The molecule has 118 valence electrons. The lowest BCUT2D eigenvalue weighted by atomic mass is 10.3. The van der Waals surface area contributed by atoms with Gasteiger partial charge in [0.15, 0.2) is 0 Å². The third-order valence-electron chi connectivity index (χ3n) is 3.56. The predicted molar refractivity (Wildman–Crippen MR) is 93.7 cm³/mol. The van der Waals surface area contributed by atoms with E-state index in [2.05, 4.69) is 20.3 Å². The number of hydrogen-bond acceptors (Lipinski definition) is 5. The number of pyridine rings is 1. The minimum Gasteiger partial charge on any atom is -0.319 e. The molecule has 1 aromatic carbocycles. The summed E-state index contributed by atoms with van der Waals surface area (Å²) in [6.07, 6.45) is 3.37. The smallest absolute Gasteiger partial charge is 0.275 e. The van der Waals surface area contributed by atoms with Crippen LogP contribution in [-0.2, 0) is 0 Å². The Morgan fingerprint density at radius 2 is 2.04 bits per heavy atom. The molecule has 0 spiro atoms. The van der Waals surface area contributed by atoms with E-state index in [1.54, 1.807) is 17.9 Å². The van der Waals surface area contributed by atoms with E-state index >= 15 is 0 Å². The molecule has 0 aliphatic rings. The van der Waals surface area contributed by atoms with Crippen LogP contribution in [0.4, 0.5) is 5.69 Å². The van der Waals surface area contributed by atoms with Crippen LogP contribution in [0.3, 0.4) is 0 Å². The van der Waals surface area contributed by atoms with Crippen LogP contribution in [0.15, 0.2) is 54.3 Å². The number of nitrogens with one attached hydrogen (secondary N) is 1. The minimum atomic E-state index is -0.234. The summed E-state index contributed by atoms with van der Waals surface area (Å²) in [5, 5.41) is 5.40. The van der Waals surface area contributed by atoms with E-state index in [-0.39, 0.29) is 5.91 Å². The number of aryl methyl sites for hydroxylation is 1. The molecule has 3 aromatic heterocycles. The summed E-state index contributed by atoms with van der Waals surface area (Å²) >= 11 is 1.45. The molecule has 4 aromatic rings. The molecule has 6 nitrogen and oxygen atoms in total. The Balaban J connectivity index is 1.57. The van der Waals surface area contributed by atoms with Crippen LogP contribution in [0.5, 0.6) is 0 Å². The van der Waals surface area contributed by atoms with Crippen molar-refractivity contribution in [3.05, 3.63) is 65.0 Å². The van der Waals surface area contributed by atoms with Crippen LogP contribution in [0.2, 0.25) is 0 Å². The number of carbonyl (C=O) groups is 1. The maximum absolute atomic E-state index is 12.1. The number of carbonyl (C=O) groups excluding carboxylic acids is 1. The van der Waals surface area contributed by atoms with Crippen molar-refractivity contribution in [1.82, 2.24) is 19.5 Å². The predicted octanol–water partition coefficient (Wildman–Crippen LogP) is 3.44. The van der Waals surface area contributed by atoms with Gasteiger partial charge in [-0.1, -0.05) is 12.1 Å². The van der Waals surface area contributed by atoms with Gasteiger partial charge in [-0.25, -0.2) is 15.0 Å². The van der Waals surface area contributed by atoms with Crippen molar-refractivity contribution in [2.24, 2.45) is 0 Å². The van der Waals surface area contributed by atoms with E-state index in [9.17, 15) is 4.79 Å². The highest BCUT2D eigenvalue weighted by Crippen LogP contribution is 2.18. The average molecular weight is 335 g/mol. The first kappa shape index (κ1) is 14.5. The Morgan fingerprint density at radius 1 is 1.17 bits per heavy atom. The number of para-hydroxylation sites is 2. The van der Waals surface area contributed by atoms with E-state index < -0.39 is 0 Å². The Kier molecular flexibility index (Phi) is 3.55. The number of imidazole rings is 1. The van der Waals surface area contributed by atoms with Gasteiger partial charge in [-0.05, 0) is 31.2 Å². The minimum absolute atomic E-state index is 0.234. The van der Waals surface area contributed by atoms with E-state index in [4.69, 9.17) is 0 Å². The van der Waals surface area contributed by atoms with Crippen LogP contribution in [0, 0.1) is 6.92 Å². The van der Waals surface area contributed by atoms with Gasteiger partial charge in [-0.2, -0.15) is 0 Å². The van der Waals surface area contributed by atoms with Gasteiger partial charge in [0.2, 0.25) is 0 Å². The van der Waals surface area contributed by atoms with Crippen LogP contribution in [0.1, 0.15) is 15.5 Å². The van der Waals surface area contributed by atoms with Crippen molar-refractivity contribution in [3.8, 4) is 5.82 Å². The van der Waals surface area contributed by atoms with Gasteiger partial charge in [-0.3, -0.25) is 9.36 Å². The average Bonchev–Trinajstić information content (AvgIpc) is 3.22. The van der Waals surface area contributed by atoms with Crippen molar-refractivity contribution in [1.29, 1.82) is 0 Å². The molecule has 0 saturated heterocycles. The van der Waals surface area contributed by atoms with Gasteiger partial charge >= 0.3 is 0 Å². The molecule has 24 heavy (non-hydrogen) atoms. The second-order valence-corrected chi connectivity index (χ2v) is 6.28. The third kappa shape index (κ3) is 2.65. The zero-order chi connectivity index (χ0) is 16.5. The molecule has 4 rings (SSSR count). The Hall–Kier alpha value is -3.06. The summed E-state index contributed by atoms with van der Waals surface area (Å²) in [6.45, 7) is 1.87. The Labute approximate surface area is 141 Å². The SMILES string of the molecule is Cc1nc(C(=O)Nc2ccc(-n3cnc4ccccc43)nc2)cs1. The second-order valence-electron chi connectivity index (χ2n) is 5.21. The normalized spacial score (nSPS) is 10.9. The van der Waals surface area contributed by atoms with E-state index in [0.717, 1.165) is 21.9 Å². The summed E-state index contributed by atoms with van der Waals surface area (Å²) < 4.78 is 1.91. The Bertz CT molecular complexity index is 1020. The van der Waals surface area contributed by atoms with Crippen molar-refractivity contribution in [3.63, 3.8) is 0 Å². The van der Waals surface area contributed by atoms with Gasteiger partial charge < -0.3 is 5.32 Å². The first-order valence-electron chi connectivity index (χ1n) is 7.33. The van der Waals surface area contributed by atoms with Crippen LogP contribution < -0.4 is 5.32 Å². The first-order valence-corrected chi connectivity index (χ1v) is 8.21. The topological polar surface area (TPSA) is 72.7 Å². The highest BCUT2D eigenvalue weighted by molar-refractivity contribution is 7.09. The fourth-order valence-corrected chi connectivity index (χ4v) is 3.00. The number of fused-ring (bicyclic) bond motifs is 1. The fraction of sp³-hybridized carbons (Fsp3) is 0.0588. The van der Waals surface area contributed by atoms with Crippen molar-refractivity contribution < 1.29 is 4.79 Å². The third-order valence-corrected chi connectivity index (χ3v) is 4.33. The molecule has 0 radical (unpaired) electrons. The molecule has 0 atom stereocenters. The number of benzene rings is 1. The van der Waals surface area contributed by atoms with E-state index in [1.165, 1.54) is 11.3 Å². The molecule has 0 saturated carbocycles. The van der Waals surface area contributed by atoms with Gasteiger partial charge in [0.1, 0.15) is 17.8 Å². The summed E-state index contributed by atoms with van der Waals surface area (Å²) in [6, 6.07) is 11.5. The van der Waals surface area contributed by atoms with Crippen molar-refractivity contribution >= 4 is 34.0 Å². The maximum Gasteiger partial charge on any atom is 0.275 e. The molecule has 0 unspecified atom stereocenters. The number of hydrogen-bond donors (Lipinski definition) is 1.